The Labute approximate surface area is 95.0 Å². The zero-order valence-electron chi connectivity index (χ0n) is 10.1. The molecule has 0 spiro atoms. The third-order valence-electron chi connectivity index (χ3n) is 2.05. The van der Waals surface area contributed by atoms with Gasteiger partial charge in [0.2, 0.25) is 0 Å². The molecule has 0 saturated heterocycles. The highest BCUT2D eigenvalue weighted by Crippen LogP contribution is 2.19. The average molecular weight is 223 g/mol. The summed E-state index contributed by atoms with van der Waals surface area (Å²) in [6.45, 7) is 8.74. The molecule has 5 heteroatoms. The van der Waals surface area contributed by atoms with Crippen LogP contribution in [0.2, 0.25) is 0 Å². The number of pyridine rings is 1. The molecule has 0 atom stereocenters. The molecule has 0 aliphatic rings. The summed E-state index contributed by atoms with van der Waals surface area (Å²) in [6.07, 6.45) is 0. The first-order valence-corrected chi connectivity index (χ1v) is 5.15. The van der Waals surface area contributed by atoms with Crippen molar-refractivity contribution in [3.05, 3.63) is 27.9 Å². The lowest BCUT2D eigenvalue weighted by atomic mass is 9.97. The maximum Gasteiger partial charge on any atom is 0.290 e. The van der Waals surface area contributed by atoms with Gasteiger partial charge in [-0.3, -0.25) is 10.1 Å². The summed E-state index contributed by atoms with van der Waals surface area (Å²) in [6, 6.07) is 3.12. The van der Waals surface area contributed by atoms with E-state index in [-0.39, 0.29) is 11.1 Å². The molecule has 1 N–H and O–H groups in total. The van der Waals surface area contributed by atoms with Crippen molar-refractivity contribution in [2.45, 2.75) is 27.7 Å². The summed E-state index contributed by atoms with van der Waals surface area (Å²) in [4.78, 5) is 14.3. The smallest absolute Gasteiger partial charge is 0.290 e. The molecule has 0 radical (unpaired) electrons. The molecule has 0 saturated carbocycles. The van der Waals surface area contributed by atoms with Crippen LogP contribution in [0.15, 0.2) is 12.1 Å². The first-order valence-electron chi connectivity index (χ1n) is 5.15. The normalized spacial score (nSPS) is 11.2. The molecular formula is C11H17N3O2. The van der Waals surface area contributed by atoms with Gasteiger partial charge >= 0.3 is 0 Å². The second-order valence-electron chi connectivity index (χ2n) is 4.97. The Hall–Kier alpha value is -1.65. The summed E-state index contributed by atoms with van der Waals surface area (Å²) in [5.74, 6) is 0.679. The van der Waals surface area contributed by atoms with Gasteiger partial charge in [-0.15, -0.1) is 0 Å². The molecule has 88 valence electrons. The van der Waals surface area contributed by atoms with Crippen LogP contribution >= 0.6 is 0 Å². The van der Waals surface area contributed by atoms with Gasteiger partial charge < -0.3 is 5.32 Å². The molecule has 0 fully saturated rings. The Morgan fingerprint density at radius 2 is 2.06 bits per heavy atom. The van der Waals surface area contributed by atoms with Crippen LogP contribution in [-0.4, -0.2) is 16.5 Å². The number of nitrogens with zero attached hydrogens (tertiary/aromatic N) is 2. The largest absolute Gasteiger partial charge is 0.370 e. The number of hydrogen-bond acceptors (Lipinski definition) is 4. The molecule has 0 aliphatic carbocycles. The fourth-order valence-corrected chi connectivity index (χ4v) is 1.20. The van der Waals surface area contributed by atoms with Crippen molar-refractivity contribution < 1.29 is 4.92 Å². The van der Waals surface area contributed by atoms with Crippen LogP contribution in [0.3, 0.4) is 0 Å². The molecule has 0 bridgehead atoms. The lowest BCUT2D eigenvalue weighted by Gasteiger charge is -2.19. The summed E-state index contributed by atoms with van der Waals surface area (Å²) < 4.78 is 0. The predicted molar refractivity (Wildman–Crippen MR) is 63.6 cm³/mol. The van der Waals surface area contributed by atoms with Gasteiger partial charge in [-0.2, -0.15) is 0 Å². The first kappa shape index (κ1) is 12.4. The first-order chi connectivity index (χ1) is 7.29. The van der Waals surface area contributed by atoms with Crippen LogP contribution < -0.4 is 5.32 Å². The minimum Gasteiger partial charge on any atom is -0.370 e. The number of nitrogens with one attached hydrogen (secondary N) is 1. The SMILES string of the molecule is Cc1nc(NCC(C)(C)C)ccc1[N+](=O)[O-]. The highest BCUT2D eigenvalue weighted by Gasteiger charge is 2.13. The minimum absolute atomic E-state index is 0.0568. The molecule has 1 aromatic rings. The maximum atomic E-state index is 10.6. The third-order valence-corrected chi connectivity index (χ3v) is 2.05. The Morgan fingerprint density at radius 3 is 2.50 bits per heavy atom. The van der Waals surface area contributed by atoms with Crippen LogP contribution in [-0.2, 0) is 0 Å². The molecule has 5 nitrogen and oxygen atoms in total. The van der Waals surface area contributed by atoms with Crippen LogP contribution in [0.1, 0.15) is 26.5 Å². The van der Waals surface area contributed by atoms with E-state index < -0.39 is 4.92 Å². The second kappa shape index (κ2) is 4.47. The number of rotatable bonds is 3. The van der Waals surface area contributed by atoms with Gasteiger partial charge in [-0.1, -0.05) is 20.8 Å². The van der Waals surface area contributed by atoms with Gasteiger partial charge in [0.25, 0.3) is 5.69 Å². The van der Waals surface area contributed by atoms with Gasteiger partial charge in [0.15, 0.2) is 0 Å². The minimum atomic E-state index is -0.421. The molecule has 1 rings (SSSR count). The number of aryl methyl sites for hydroxylation is 1. The molecule has 0 aliphatic heterocycles. The molecule has 0 aromatic carbocycles. The standard InChI is InChI=1S/C11H17N3O2/c1-8-9(14(15)16)5-6-10(13-8)12-7-11(2,3)4/h5-6H,7H2,1-4H3,(H,12,13). The summed E-state index contributed by atoms with van der Waals surface area (Å²) in [5.41, 5.74) is 0.641. The second-order valence-corrected chi connectivity index (χ2v) is 4.97. The van der Waals surface area contributed by atoms with Crippen molar-refractivity contribution in [3.63, 3.8) is 0 Å². The quantitative estimate of drug-likeness (QED) is 0.632. The number of hydrogen-bond donors (Lipinski definition) is 1. The highest BCUT2D eigenvalue weighted by molar-refractivity contribution is 5.44. The number of aromatic nitrogens is 1. The van der Waals surface area contributed by atoms with E-state index >= 15 is 0 Å². The lowest BCUT2D eigenvalue weighted by Crippen LogP contribution is -2.19. The van der Waals surface area contributed by atoms with E-state index in [1.54, 1.807) is 13.0 Å². The molecule has 1 heterocycles. The van der Waals surface area contributed by atoms with E-state index in [4.69, 9.17) is 0 Å². The van der Waals surface area contributed by atoms with E-state index in [9.17, 15) is 10.1 Å². The summed E-state index contributed by atoms with van der Waals surface area (Å²) in [5, 5.41) is 13.8. The number of anilines is 1. The Morgan fingerprint density at radius 1 is 1.44 bits per heavy atom. The average Bonchev–Trinajstić information content (AvgIpc) is 2.13. The monoisotopic (exact) mass is 223 g/mol. The van der Waals surface area contributed by atoms with Crippen LogP contribution in [0.4, 0.5) is 11.5 Å². The zero-order valence-corrected chi connectivity index (χ0v) is 10.1. The topological polar surface area (TPSA) is 68.1 Å². The van der Waals surface area contributed by atoms with Gasteiger partial charge in [0.05, 0.1) is 4.92 Å². The maximum absolute atomic E-state index is 10.6. The summed E-state index contributed by atoms with van der Waals surface area (Å²) in [7, 11) is 0. The summed E-state index contributed by atoms with van der Waals surface area (Å²) >= 11 is 0. The Balaban J connectivity index is 2.78. The lowest BCUT2D eigenvalue weighted by molar-refractivity contribution is -0.385. The highest BCUT2D eigenvalue weighted by atomic mass is 16.6. The van der Waals surface area contributed by atoms with Gasteiger partial charge in [0, 0.05) is 12.6 Å². The molecular weight excluding hydrogens is 206 g/mol. The van der Waals surface area contributed by atoms with Crippen molar-refractivity contribution in [2.75, 3.05) is 11.9 Å². The molecule has 0 amide bonds. The molecule has 1 aromatic heterocycles. The molecule has 0 unspecified atom stereocenters. The van der Waals surface area contributed by atoms with Crippen molar-refractivity contribution >= 4 is 11.5 Å². The van der Waals surface area contributed by atoms with Crippen molar-refractivity contribution in [1.82, 2.24) is 4.98 Å². The zero-order chi connectivity index (χ0) is 12.3. The van der Waals surface area contributed by atoms with Crippen LogP contribution in [0.5, 0.6) is 0 Å². The van der Waals surface area contributed by atoms with E-state index in [0.29, 0.717) is 11.5 Å². The van der Waals surface area contributed by atoms with Crippen molar-refractivity contribution in [1.29, 1.82) is 0 Å². The van der Waals surface area contributed by atoms with Crippen molar-refractivity contribution in [3.8, 4) is 0 Å². The Kier molecular flexibility index (Phi) is 3.47. The fraction of sp³-hybridized carbons (Fsp3) is 0.545. The van der Waals surface area contributed by atoms with E-state index in [0.717, 1.165) is 6.54 Å². The fourth-order valence-electron chi connectivity index (χ4n) is 1.20. The van der Waals surface area contributed by atoms with Crippen molar-refractivity contribution in [2.24, 2.45) is 5.41 Å². The van der Waals surface area contributed by atoms with E-state index in [1.807, 2.05) is 0 Å². The predicted octanol–water partition coefficient (Wildman–Crippen LogP) is 2.76. The third kappa shape index (κ3) is 3.49. The Bertz CT molecular complexity index is 397. The molecule has 16 heavy (non-hydrogen) atoms. The van der Waals surface area contributed by atoms with Gasteiger partial charge in [0.1, 0.15) is 11.5 Å². The van der Waals surface area contributed by atoms with Gasteiger partial charge in [-0.05, 0) is 18.4 Å². The van der Waals surface area contributed by atoms with Crippen LogP contribution in [0, 0.1) is 22.5 Å². The van der Waals surface area contributed by atoms with E-state index in [1.165, 1.54) is 6.07 Å². The van der Waals surface area contributed by atoms with Gasteiger partial charge in [-0.25, -0.2) is 4.98 Å². The number of nitro groups is 1. The van der Waals surface area contributed by atoms with Crippen LogP contribution in [0.25, 0.3) is 0 Å². The van der Waals surface area contributed by atoms with E-state index in [2.05, 4.69) is 31.1 Å².